The summed E-state index contributed by atoms with van der Waals surface area (Å²) in [5, 5.41) is 0. The number of ether oxygens (including phenoxy) is 2. The molecule has 4 aromatic rings. The van der Waals surface area contributed by atoms with E-state index in [1.54, 1.807) is 14.2 Å². The first-order chi connectivity index (χ1) is 15.9. The molecule has 174 valence electrons. The van der Waals surface area contributed by atoms with Crippen LogP contribution in [0.5, 0.6) is 5.75 Å². The second-order valence-corrected chi connectivity index (χ2v) is 8.35. The summed E-state index contributed by atoms with van der Waals surface area (Å²) < 4.78 is 17.6. The summed E-state index contributed by atoms with van der Waals surface area (Å²) in [6, 6.07) is 7.67. The molecule has 0 radical (unpaired) electrons. The number of rotatable bonds is 5. The Kier molecular flexibility index (Phi) is 5.34. The molecule has 1 aromatic carbocycles. The fourth-order valence-electron chi connectivity index (χ4n) is 4.62. The Labute approximate surface area is 190 Å². The summed E-state index contributed by atoms with van der Waals surface area (Å²) in [7, 11) is 3.29. The molecule has 0 spiro atoms. The first kappa shape index (κ1) is 21.5. The van der Waals surface area contributed by atoms with Crippen LogP contribution >= 0.6 is 0 Å². The lowest BCUT2D eigenvalue weighted by Gasteiger charge is -2.26. The molecule has 0 bridgehead atoms. The zero-order valence-electron chi connectivity index (χ0n) is 19.4. The summed E-state index contributed by atoms with van der Waals surface area (Å²) in [6.07, 6.45) is 0. The van der Waals surface area contributed by atoms with Gasteiger partial charge in [0.1, 0.15) is 5.75 Å². The highest BCUT2D eigenvalue weighted by Gasteiger charge is 2.24. The molecule has 1 aliphatic heterocycles. The smallest absolute Gasteiger partial charge is 0.332 e. The monoisotopic (exact) mass is 452 g/mol. The molecule has 0 unspecified atom stereocenters. The third kappa shape index (κ3) is 3.28. The van der Waals surface area contributed by atoms with E-state index in [9.17, 15) is 9.59 Å². The average Bonchev–Trinajstić information content (AvgIpc) is 3.33. The van der Waals surface area contributed by atoms with E-state index in [2.05, 4.69) is 4.90 Å². The molecular weight excluding hydrogens is 424 g/mol. The van der Waals surface area contributed by atoms with Gasteiger partial charge in [-0.25, -0.2) is 4.79 Å². The van der Waals surface area contributed by atoms with Crippen molar-refractivity contribution in [2.24, 2.45) is 7.05 Å². The molecule has 1 aliphatic rings. The van der Waals surface area contributed by atoms with Gasteiger partial charge in [-0.05, 0) is 26.0 Å². The maximum atomic E-state index is 13.6. The SMILES string of the molecule is COc1ccccc1-n1c(C)c(C)n2c3c(=O)n(CCN4CCOCC4)c(=O)n(C)c3nc12. The van der Waals surface area contributed by atoms with Crippen LogP contribution in [0.4, 0.5) is 0 Å². The molecule has 0 amide bonds. The predicted molar refractivity (Wildman–Crippen MR) is 125 cm³/mol. The standard InChI is InChI=1S/C23H28N6O4/c1-15-16(2)29-19-20(24-22(29)28(15)17-7-5-6-8-18(17)32-4)25(3)23(31)27(21(19)30)10-9-26-11-13-33-14-12-26/h5-8H,9-14H2,1-4H3. The molecule has 0 aliphatic carbocycles. The number of para-hydroxylation sites is 2. The third-order valence-electron chi connectivity index (χ3n) is 6.59. The maximum absolute atomic E-state index is 13.6. The number of aryl methyl sites for hydroxylation is 2. The van der Waals surface area contributed by atoms with Gasteiger partial charge in [0.05, 0.1) is 26.0 Å². The predicted octanol–water partition coefficient (Wildman–Crippen LogP) is 1.10. The second kappa shape index (κ2) is 8.20. The molecule has 10 nitrogen and oxygen atoms in total. The van der Waals surface area contributed by atoms with Crippen molar-refractivity contribution in [3.63, 3.8) is 0 Å². The molecule has 0 saturated carbocycles. The lowest BCUT2D eigenvalue weighted by molar-refractivity contribution is 0.0361. The Morgan fingerprint density at radius 3 is 2.52 bits per heavy atom. The Balaban J connectivity index is 1.72. The largest absolute Gasteiger partial charge is 0.495 e. The fourth-order valence-corrected chi connectivity index (χ4v) is 4.62. The fraction of sp³-hybridized carbons (Fsp3) is 0.435. The third-order valence-corrected chi connectivity index (χ3v) is 6.59. The Hall–Kier alpha value is -3.37. The van der Waals surface area contributed by atoms with Gasteiger partial charge in [0, 0.05) is 44.6 Å². The van der Waals surface area contributed by atoms with E-state index in [1.165, 1.54) is 9.13 Å². The molecular formula is C23H28N6O4. The lowest BCUT2D eigenvalue weighted by Crippen LogP contribution is -2.44. The number of morpholine rings is 1. The molecule has 10 heteroatoms. The number of methoxy groups -OCH3 is 1. The van der Waals surface area contributed by atoms with Crippen molar-refractivity contribution in [1.29, 1.82) is 0 Å². The van der Waals surface area contributed by atoms with Crippen molar-refractivity contribution in [3.05, 3.63) is 56.5 Å². The van der Waals surface area contributed by atoms with Gasteiger partial charge < -0.3 is 9.47 Å². The highest BCUT2D eigenvalue weighted by atomic mass is 16.5. The van der Waals surface area contributed by atoms with Crippen LogP contribution in [-0.4, -0.2) is 67.9 Å². The number of benzene rings is 1. The zero-order chi connectivity index (χ0) is 23.3. The van der Waals surface area contributed by atoms with Gasteiger partial charge in [-0.3, -0.25) is 27.8 Å². The van der Waals surface area contributed by atoms with Crippen molar-refractivity contribution in [2.75, 3.05) is 40.0 Å². The van der Waals surface area contributed by atoms with E-state index < -0.39 is 0 Å². The quantitative estimate of drug-likeness (QED) is 0.451. The summed E-state index contributed by atoms with van der Waals surface area (Å²) >= 11 is 0. The van der Waals surface area contributed by atoms with Crippen LogP contribution < -0.4 is 16.0 Å². The van der Waals surface area contributed by atoms with Crippen molar-refractivity contribution >= 4 is 16.9 Å². The van der Waals surface area contributed by atoms with E-state index in [1.807, 2.05) is 47.1 Å². The van der Waals surface area contributed by atoms with E-state index in [-0.39, 0.29) is 11.2 Å². The molecule has 1 saturated heterocycles. The van der Waals surface area contributed by atoms with Gasteiger partial charge in [0.2, 0.25) is 5.78 Å². The van der Waals surface area contributed by atoms with Crippen LogP contribution in [0.3, 0.4) is 0 Å². The molecule has 5 rings (SSSR count). The summed E-state index contributed by atoms with van der Waals surface area (Å²) in [6.45, 7) is 7.82. The Morgan fingerprint density at radius 1 is 1.06 bits per heavy atom. The van der Waals surface area contributed by atoms with Crippen LogP contribution in [-0.2, 0) is 18.3 Å². The molecule has 1 fully saturated rings. The number of fused-ring (bicyclic) bond motifs is 3. The van der Waals surface area contributed by atoms with Crippen LogP contribution in [0.2, 0.25) is 0 Å². The minimum Gasteiger partial charge on any atom is -0.495 e. The number of aromatic nitrogens is 5. The molecule has 3 aromatic heterocycles. The minimum atomic E-state index is -0.361. The lowest BCUT2D eigenvalue weighted by atomic mass is 10.2. The van der Waals surface area contributed by atoms with E-state index >= 15 is 0 Å². The molecule has 33 heavy (non-hydrogen) atoms. The number of nitrogens with zero attached hydrogens (tertiary/aromatic N) is 6. The van der Waals surface area contributed by atoms with Crippen molar-refractivity contribution < 1.29 is 9.47 Å². The summed E-state index contributed by atoms with van der Waals surface area (Å²) in [5.74, 6) is 1.27. The van der Waals surface area contributed by atoms with Crippen LogP contribution in [0.1, 0.15) is 11.4 Å². The summed E-state index contributed by atoms with van der Waals surface area (Å²) in [5.41, 5.74) is 2.74. The van der Waals surface area contributed by atoms with Gasteiger partial charge in [-0.1, -0.05) is 12.1 Å². The van der Waals surface area contributed by atoms with Crippen LogP contribution in [0.15, 0.2) is 33.9 Å². The van der Waals surface area contributed by atoms with E-state index in [0.29, 0.717) is 49.0 Å². The first-order valence-electron chi connectivity index (χ1n) is 11.1. The maximum Gasteiger partial charge on any atom is 0.332 e. The number of imidazole rings is 2. The zero-order valence-corrected chi connectivity index (χ0v) is 19.4. The normalized spacial score (nSPS) is 15.0. The second-order valence-electron chi connectivity index (χ2n) is 8.35. The van der Waals surface area contributed by atoms with Gasteiger partial charge in [0.15, 0.2) is 11.2 Å². The van der Waals surface area contributed by atoms with E-state index in [4.69, 9.17) is 14.5 Å². The Morgan fingerprint density at radius 2 is 1.79 bits per heavy atom. The minimum absolute atomic E-state index is 0.319. The highest BCUT2D eigenvalue weighted by Crippen LogP contribution is 2.29. The topological polar surface area (TPSA) is 87.9 Å². The first-order valence-corrected chi connectivity index (χ1v) is 11.1. The molecule has 0 atom stereocenters. The average molecular weight is 453 g/mol. The van der Waals surface area contributed by atoms with Gasteiger partial charge in [-0.2, -0.15) is 4.98 Å². The van der Waals surface area contributed by atoms with Gasteiger partial charge in [-0.15, -0.1) is 0 Å². The molecule has 0 N–H and O–H groups in total. The van der Waals surface area contributed by atoms with Crippen LogP contribution in [0, 0.1) is 13.8 Å². The Bertz CT molecular complexity index is 1470. The van der Waals surface area contributed by atoms with E-state index in [0.717, 1.165) is 30.2 Å². The van der Waals surface area contributed by atoms with Gasteiger partial charge in [0.25, 0.3) is 5.56 Å². The molecule has 4 heterocycles. The van der Waals surface area contributed by atoms with Crippen LogP contribution in [0.25, 0.3) is 22.6 Å². The number of hydrogen-bond donors (Lipinski definition) is 0. The van der Waals surface area contributed by atoms with Gasteiger partial charge >= 0.3 is 5.69 Å². The van der Waals surface area contributed by atoms with Crippen molar-refractivity contribution in [1.82, 2.24) is 28.0 Å². The highest BCUT2D eigenvalue weighted by molar-refractivity contribution is 5.77. The van der Waals surface area contributed by atoms with Crippen molar-refractivity contribution in [2.45, 2.75) is 20.4 Å². The van der Waals surface area contributed by atoms with Crippen molar-refractivity contribution in [3.8, 4) is 11.4 Å². The summed E-state index contributed by atoms with van der Waals surface area (Å²) in [4.78, 5) is 33.6. The number of hydrogen-bond acceptors (Lipinski definition) is 6.